The number of hydrogen-bond acceptors (Lipinski definition) is 3. The van der Waals surface area contributed by atoms with Gasteiger partial charge in [0.1, 0.15) is 0 Å². The van der Waals surface area contributed by atoms with E-state index in [1.165, 1.54) is 12.7 Å². The zero-order valence-electron chi connectivity index (χ0n) is 10.5. The summed E-state index contributed by atoms with van der Waals surface area (Å²) in [5.74, 6) is -0.426. The Labute approximate surface area is 102 Å². The van der Waals surface area contributed by atoms with E-state index in [1.807, 2.05) is 31.2 Å². The Morgan fingerprint density at radius 3 is 2.47 bits per heavy atom. The van der Waals surface area contributed by atoms with Gasteiger partial charge in [-0.1, -0.05) is 24.3 Å². The van der Waals surface area contributed by atoms with Gasteiger partial charge in [-0.2, -0.15) is 0 Å². The molecule has 0 spiro atoms. The highest BCUT2D eigenvalue weighted by Crippen LogP contribution is 2.17. The minimum Gasteiger partial charge on any atom is -0.469 e. The van der Waals surface area contributed by atoms with Crippen molar-refractivity contribution in [2.24, 2.45) is 0 Å². The lowest BCUT2D eigenvalue weighted by Gasteiger charge is -2.10. The molecule has 17 heavy (non-hydrogen) atoms. The molecule has 0 bridgehead atoms. The number of unbranched alkanes of at least 4 members (excludes halogenated alkanes) is 1. The molecule has 0 aliphatic rings. The fourth-order valence-electron chi connectivity index (χ4n) is 1.73. The average Bonchev–Trinajstić information content (AvgIpc) is 2.38. The molecule has 0 radical (unpaired) electrons. The summed E-state index contributed by atoms with van der Waals surface area (Å²) in [6.07, 6.45) is 2.79. The first-order valence-electron chi connectivity index (χ1n) is 5.96. The van der Waals surface area contributed by atoms with Gasteiger partial charge in [-0.15, -0.1) is 0 Å². The second kappa shape index (κ2) is 7.07. The van der Waals surface area contributed by atoms with Gasteiger partial charge in [-0.05, 0) is 37.3 Å². The van der Waals surface area contributed by atoms with Crippen LogP contribution < -0.4 is 0 Å². The standard InChI is InChI=1S/C14H20O3/c1-11(14(16)17-2)13-8-6-12(7-9-13)5-3-4-10-15/h6-9,11,15H,3-5,10H2,1-2H3/t11-/m1/s1. The number of hydrogen-bond donors (Lipinski definition) is 1. The highest BCUT2D eigenvalue weighted by Gasteiger charge is 2.14. The molecule has 0 amide bonds. The number of carbonyl (C=O) groups is 1. The summed E-state index contributed by atoms with van der Waals surface area (Å²) in [5, 5.41) is 8.70. The quantitative estimate of drug-likeness (QED) is 0.609. The van der Waals surface area contributed by atoms with Gasteiger partial charge in [0.2, 0.25) is 0 Å². The fraction of sp³-hybridized carbons (Fsp3) is 0.500. The van der Waals surface area contributed by atoms with Crippen LogP contribution in [0.1, 0.15) is 36.8 Å². The largest absolute Gasteiger partial charge is 0.469 e. The van der Waals surface area contributed by atoms with Crippen molar-refractivity contribution in [2.75, 3.05) is 13.7 Å². The lowest BCUT2D eigenvalue weighted by molar-refractivity contribution is -0.141. The first-order chi connectivity index (χ1) is 8.19. The summed E-state index contributed by atoms with van der Waals surface area (Å²) in [4.78, 5) is 11.4. The Morgan fingerprint density at radius 2 is 1.94 bits per heavy atom. The van der Waals surface area contributed by atoms with Gasteiger partial charge >= 0.3 is 5.97 Å². The van der Waals surface area contributed by atoms with E-state index in [9.17, 15) is 4.79 Å². The van der Waals surface area contributed by atoms with Crippen LogP contribution in [0.4, 0.5) is 0 Å². The van der Waals surface area contributed by atoms with Crippen molar-refractivity contribution < 1.29 is 14.6 Å². The van der Waals surface area contributed by atoms with Crippen LogP contribution in [-0.2, 0) is 16.0 Å². The molecule has 0 saturated heterocycles. The number of carbonyl (C=O) groups excluding carboxylic acids is 1. The molecule has 3 nitrogen and oxygen atoms in total. The molecule has 94 valence electrons. The number of methoxy groups -OCH3 is 1. The van der Waals surface area contributed by atoms with Gasteiger partial charge in [-0.3, -0.25) is 4.79 Å². The molecule has 1 aromatic rings. The molecule has 0 saturated carbocycles. The average molecular weight is 236 g/mol. The second-order valence-corrected chi connectivity index (χ2v) is 4.17. The molecule has 1 N–H and O–H groups in total. The predicted octanol–water partition coefficient (Wildman–Crippen LogP) is 2.28. The lowest BCUT2D eigenvalue weighted by atomic mass is 9.98. The fourth-order valence-corrected chi connectivity index (χ4v) is 1.73. The zero-order valence-corrected chi connectivity index (χ0v) is 10.5. The molecule has 0 heterocycles. The lowest BCUT2D eigenvalue weighted by Crippen LogP contribution is -2.10. The summed E-state index contributed by atoms with van der Waals surface area (Å²) in [5.41, 5.74) is 2.21. The van der Waals surface area contributed by atoms with Gasteiger partial charge in [0.15, 0.2) is 0 Å². The molecule has 0 fully saturated rings. The van der Waals surface area contributed by atoms with Crippen molar-refractivity contribution in [3.8, 4) is 0 Å². The van der Waals surface area contributed by atoms with E-state index < -0.39 is 0 Å². The number of ether oxygens (including phenoxy) is 1. The molecule has 1 aromatic carbocycles. The molecule has 3 heteroatoms. The minimum atomic E-state index is -0.216. The van der Waals surface area contributed by atoms with Gasteiger partial charge in [0.25, 0.3) is 0 Å². The summed E-state index contributed by atoms with van der Waals surface area (Å²) in [6, 6.07) is 8.00. The van der Waals surface area contributed by atoms with E-state index in [2.05, 4.69) is 0 Å². The summed E-state index contributed by atoms with van der Waals surface area (Å²) in [6.45, 7) is 2.09. The van der Waals surface area contributed by atoms with Gasteiger partial charge in [0.05, 0.1) is 13.0 Å². The summed E-state index contributed by atoms with van der Waals surface area (Å²) < 4.78 is 4.71. The minimum absolute atomic E-state index is 0.210. The third-order valence-electron chi connectivity index (χ3n) is 2.91. The topological polar surface area (TPSA) is 46.5 Å². The maximum absolute atomic E-state index is 11.4. The van der Waals surface area contributed by atoms with E-state index in [1.54, 1.807) is 0 Å². The van der Waals surface area contributed by atoms with Crippen LogP contribution in [0.15, 0.2) is 24.3 Å². The maximum Gasteiger partial charge on any atom is 0.312 e. The van der Waals surface area contributed by atoms with Crippen LogP contribution in [0.2, 0.25) is 0 Å². The number of benzene rings is 1. The number of aryl methyl sites for hydroxylation is 1. The molecular formula is C14H20O3. The van der Waals surface area contributed by atoms with Crippen LogP contribution in [0.5, 0.6) is 0 Å². The van der Waals surface area contributed by atoms with Gasteiger partial charge < -0.3 is 9.84 Å². The van der Waals surface area contributed by atoms with Crippen LogP contribution in [-0.4, -0.2) is 24.8 Å². The Morgan fingerprint density at radius 1 is 1.29 bits per heavy atom. The van der Waals surface area contributed by atoms with Crippen molar-refractivity contribution in [1.82, 2.24) is 0 Å². The number of aliphatic hydroxyl groups excluding tert-OH is 1. The predicted molar refractivity (Wildman–Crippen MR) is 66.9 cm³/mol. The molecule has 1 rings (SSSR count). The van der Waals surface area contributed by atoms with E-state index in [0.717, 1.165) is 24.8 Å². The first-order valence-corrected chi connectivity index (χ1v) is 5.96. The molecule has 0 aromatic heterocycles. The van der Waals surface area contributed by atoms with Crippen molar-refractivity contribution in [1.29, 1.82) is 0 Å². The van der Waals surface area contributed by atoms with Crippen LogP contribution >= 0.6 is 0 Å². The molecular weight excluding hydrogens is 216 g/mol. The SMILES string of the molecule is COC(=O)[C@H](C)c1ccc(CCCCO)cc1. The van der Waals surface area contributed by atoms with E-state index in [4.69, 9.17) is 9.84 Å². The van der Waals surface area contributed by atoms with Gasteiger partial charge in [0, 0.05) is 6.61 Å². The third kappa shape index (κ3) is 4.19. The first kappa shape index (κ1) is 13.7. The third-order valence-corrected chi connectivity index (χ3v) is 2.91. The number of rotatable bonds is 6. The molecule has 0 unspecified atom stereocenters. The van der Waals surface area contributed by atoms with Crippen molar-refractivity contribution in [2.45, 2.75) is 32.1 Å². The molecule has 0 aliphatic carbocycles. The van der Waals surface area contributed by atoms with E-state index in [0.29, 0.717) is 0 Å². The monoisotopic (exact) mass is 236 g/mol. The Balaban J connectivity index is 2.58. The molecule has 0 aliphatic heterocycles. The van der Waals surface area contributed by atoms with Gasteiger partial charge in [-0.25, -0.2) is 0 Å². The van der Waals surface area contributed by atoms with Crippen LogP contribution in [0.25, 0.3) is 0 Å². The summed E-state index contributed by atoms with van der Waals surface area (Å²) >= 11 is 0. The Hall–Kier alpha value is -1.35. The van der Waals surface area contributed by atoms with E-state index >= 15 is 0 Å². The van der Waals surface area contributed by atoms with Crippen molar-refractivity contribution >= 4 is 5.97 Å². The van der Waals surface area contributed by atoms with Crippen molar-refractivity contribution in [3.05, 3.63) is 35.4 Å². The van der Waals surface area contributed by atoms with Crippen LogP contribution in [0, 0.1) is 0 Å². The van der Waals surface area contributed by atoms with E-state index in [-0.39, 0.29) is 18.5 Å². The smallest absolute Gasteiger partial charge is 0.312 e. The Bertz CT molecular complexity index is 343. The highest BCUT2D eigenvalue weighted by molar-refractivity contribution is 5.77. The van der Waals surface area contributed by atoms with Crippen molar-refractivity contribution in [3.63, 3.8) is 0 Å². The number of aliphatic hydroxyl groups is 1. The molecule has 1 atom stereocenters. The van der Waals surface area contributed by atoms with Crippen LogP contribution in [0.3, 0.4) is 0 Å². The normalized spacial score (nSPS) is 12.2. The highest BCUT2D eigenvalue weighted by atomic mass is 16.5. The second-order valence-electron chi connectivity index (χ2n) is 4.17. The summed E-state index contributed by atoms with van der Waals surface area (Å²) in [7, 11) is 1.40. The zero-order chi connectivity index (χ0) is 12.7. The maximum atomic E-state index is 11.4. The Kier molecular flexibility index (Phi) is 5.70. The number of esters is 1.